The summed E-state index contributed by atoms with van der Waals surface area (Å²) in [6.07, 6.45) is 1.69. The molecule has 0 bridgehead atoms. The first-order valence-corrected chi connectivity index (χ1v) is 11.9. The number of nitrogens with one attached hydrogen (secondary N) is 2. The van der Waals surface area contributed by atoms with E-state index in [1.54, 1.807) is 25.4 Å². The Morgan fingerprint density at radius 3 is 2.58 bits per heavy atom. The quantitative estimate of drug-likeness (QED) is 0.316. The molecule has 5 aromatic rings. The largest absolute Gasteiger partial charge is 0.480 e. The lowest BCUT2D eigenvalue weighted by atomic mass is 10.1. The number of fused-ring (bicyclic) bond motifs is 1. The molecule has 0 radical (unpaired) electrons. The average Bonchev–Trinajstić information content (AvgIpc) is 3.51. The summed E-state index contributed by atoms with van der Waals surface area (Å²) < 4.78 is 46.0. The fraction of sp³-hybridized carbons (Fsp3) is 0.280. The van der Waals surface area contributed by atoms with Crippen LogP contribution in [-0.4, -0.2) is 46.8 Å². The van der Waals surface area contributed by atoms with Crippen LogP contribution in [0.25, 0.3) is 33.8 Å². The highest BCUT2D eigenvalue weighted by atomic mass is 19.4. The standard InChI is InChI=1S/C25H22F3N9O/c1-37-11-17(25(26,27)28)33-23(37)15-5-3-13(4-6-15)9-29-20-16-10-32-36-21(16)35-22(34-20)18-19(14-7-8-14)30-12-31-24(18)38-2/h3-6,10-12,14H,7-9H2,1-2H3,(H2,29,32,34,35,36). The van der Waals surface area contributed by atoms with Crippen LogP contribution in [-0.2, 0) is 19.8 Å². The highest BCUT2D eigenvalue weighted by molar-refractivity contribution is 5.88. The number of aromatic nitrogens is 8. The van der Waals surface area contributed by atoms with Crippen molar-refractivity contribution in [3.8, 4) is 28.7 Å². The Kier molecular flexibility index (Phi) is 5.69. The van der Waals surface area contributed by atoms with Gasteiger partial charge in [0.2, 0.25) is 5.88 Å². The summed E-state index contributed by atoms with van der Waals surface area (Å²) in [7, 11) is 3.09. The van der Waals surface area contributed by atoms with E-state index in [0.29, 0.717) is 52.1 Å². The predicted molar refractivity (Wildman–Crippen MR) is 132 cm³/mol. The van der Waals surface area contributed by atoms with Gasteiger partial charge >= 0.3 is 6.18 Å². The number of alkyl halides is 3. The van der Waals surface area contributed by atoms with Crippen LogP contribution in [0.4, 0.5) is 19.0 Å². The first-order valence-electron chi connectivity index (χ1n) is 11.9. The van der Waals surface area contributed by atoms with Crippen molar-refractivity contribution in [1.82, 2.24) is 39.7 Å². The van der Waals surface area contributed by atoms with Gasteiger partial charge in [0.05, 0.1) is 24.4 Å². The van der Waals surface area contributed by atoms with E-state index in [1.807, 2.05) is 12.1 Å². The molecule has 0 aliphatic heterocycles. The number of benzene rings is 1. The van der Waals surface area contributed by atoms with E-state index in [4.69, 9.17) is 9.72 Å². The van der Waals surface area contributed by atoms with Gasteiger partial charge < -0.3 is 14.6 Å². The Morgan fingerprint density at radius 1 is 1.11 bits per heavy atom. The van der Waals surface area contributed by atoms with Crippen molar-refractivity contribution in [1.29, 1.82) is 0 Å². The number of imidazole rings is 1. The zero-order valence-corrected chi connectivity index (χ0v) is 20.4. The van der Waals surface area contributed by atoms with Crippen LogP contribution < -0.4 is 10.1 Å². The number of methoxy groups -OCH3 is 1. The van der Waals surface area contributed by atoms with Crippen LogP contribution in [0.1, 0.15) is 35.7 Å². The fourth-order valence-electron chi connectivity index (χ4n) is 4.32. The number of nitrogens with zero attached hydrogens (tertiary/aromatic N) is 7. The predicted octanol–water partition coefficient (Wildman–Crippen LogP) is 4.73. The Morgan fingerprint density at radius 2 is 1.89 bits per heavy atom. The molecule has 13 heteroatoms. The second-order valence-electron chi connectivity index (χ2n) is 9.05. The van der Waals surface area contributed by atoms with Crippen molar-refractivity contribution in [3.05, 3.63) is 59.9 Å². The maximum Gasteiger partial charge on any atom is 0.434 e. The first-order chi connectivity index (χ1) is 18.3. The van der Waals surface area contributed by atoms with Gasteiger partial charge in [0.15, 0.2) is 17.2 Å². The third-order valence-corrected chi connectivity index (χ3v) is 6.37. The maximum absolute atomic E-state index is 13.0. The van der Waals surface area contributed by atoms with Gasteiger partial charge in [-0.25, -0.2) is 24.9 Å². The summed E-state index contributed by atoms with van der Waals surface area (Å²) >= 11 is 0. The molecule has 0 amide bonds. The van der Waals surface area contributed by atoms with Gasteiger partial charge in [0.25, 0.3) is 0 Å². The fourth-order valence-corrected chi connectivity index (χ4v) is 4.32. The molecule has 38 heavy (non-hydrogen) atoms. The summed E-state index contributed by atoms with van der Waals surface area (Å²) in [5, 5.41) is 11.1. The van der Waals surface area contributed by atoms with Gasteiger partial charge in [0, 0.05) is 31.3 Å². The molecule has 4 heterocycles. The van der Waals surface area contributed by atoms with Crippen LogP contribution in [0.2, 0.25) is 0 Å². The molecule has 2 N–H and O–H groups in total. The number of rotatable bonds is 7. The van der Waals surface area contributed by atoms with Gasteiger partial charge in [-0.2, -0.15) is 18.3 Å². The number of ether oxygens (including phenoxy) is 1. The molecular formula is C25H22F3N9O. The van der Waals surface area contributed by atoms with E-state index in [2.05, 4.69) is 35.5 Å². The van der Waals surface area contributed by atoms with Crippen LogP contribution in [0.3, 0.4) is 0 Å². The van der Waals surface area contributed by atoms with Crippen LogP contribution in [0, 0.1) is 0 Å². The summed E-state index contributed by atoms with van der Waals surface area (Å²) in [5.74, 6) is 1.96. The zero-order valence-electron chi connectivity index (χ0n) is 20.4. The normalized spacial score (nSPS) is 13.7. The van der Waals surface area contributed by atoms with Crippen molar-refractivity contribution in [2.45, 2.75) is 31.5 Å². The van der Waals surface area contributed by atoms with E-state index < -0.39 is 11.9 Å². The maximum atomic E-state index is 13.0. The minimum Gasteiger partial charge on any atom is -0.480 e. The minimum absolute atomic E-state index is 0.239. The van der Waals surface area contributed by atoms with Crippen molar-refractivity contribution in [3.63, 3.8) is 0 Å². The number of halogens is 3. The van der Waals surface area contributed by atoms with Crippen molar-refractivity contribution in [2.24, 2.45) is 7.05 Å². The number of hydrogen-bond acceptors (Lipinski definition) is 8. The zero-order chi connectivity index (χ0) is 26.4. The molecule has 4 aromatic heterocycles. The summed E-state index contributed by atoms with van der Waals surface area (Å²) in [5.41, 5.74) is 2.63. The smallest absolute Gasteiger partial charge is 0.434 e. The van der Waals surface area contributed by atoms with Crippen molar-refractivity contribution in [2.75, 3.05) is 12.4 Å². The first kappa shape index (κ1) is 23.8. The molecule has 1 aliphatic carbocycles. The topological polar surface area (TPSA) is 119 Å². The molecule has 0 saturated heterocycles. The molecular weight excluding hydrogens is 499 g/mol. The van der Waals surface area contributed by atoms with Gasteiger partial charge in [-0.3, -0.25) is 5.10 Å². The monoisotopic (exact) mass is 521 g/mol. The highest BCUT2D eigenvalue weighted by Gasteiger charge is 2.34. The molecule has 1 saturated carbocycles. The molecule has 194 valence electrons. The number of aryl methyl sites for hydroxylation is 1. The summed E-state index contributed by atoms with van der Waals surface area (Å²) in [6.45, 7) is 0.406. The Hall–Kier alpha value is -4.55. The SMILES string of the molecule is COc1ncnc(C2CC2)c1-c1nc(NCc2ccc(-c3nc(C(F)(F)F)cn3C)cc2)c2cn[nH]c2n1. The van der Waals surface area contributed by atoms with Crippen LogP contribution >= 0.6 is 0 Å². The van der Waals surface area contributed by atoms with Crippen molar-refractivity contribution >= 4 is 16.9 Å². The molecule has 1 aliphatic rings. The summed E-state index contributed by atoms with van der Waals surface area (Å²) in [6, 6.07) is 7.15. The van der Waals surface area contributed by atoms with E-state index in [-0.39, 0.29) is 5.82 Å². The van der Waals surface area contributed by atoms with Gasteiger partial charge in [0.1, 0.15) is 23.5 Å². The van der Waals surface area contributed by atoms with E-state index in [9.17, 15) is 13.2 Å². The number of hydrogen-bond donors (Lipinski definition) is 2. The van der Waals surface area contributed by atoms with Gasteiger partial charge in [-0.1, -0.05) is 24.3 Å². The second kappa shape index (κ2) is 9.08. The molecule has 1 aromatic carbocycles. The Bertz CT molecular complexity index is 1620. The van der Waals surface area contributed by atoms with E-state index >= 15 is 0 Å². The molecule has 6 rings (SSSR count). The van der Waals surface area contributed by atoms with Gasteiger partial charge in [-0.15, -0.1) is 0 Å². The minimum atomic E-state index is -4.50. The lowest BCUT2D eigenvalue weighted by Gasteiger charge is -2.13. The lowest BCUT2D eigenvalue weighted by molar-refractivity contribution is -0.140. The summed E-state index contributed by atoms with van der Waals surface area (Å²) in [4.78, 5) is 21.9. The average molecular weight is 522 g/mol. The Balaban J connectivity index is 1.28. The van der Waals surface area contributed by atoms with E-state index in [0.717, 1.165) is 30.3 Å². The third kappa shape index (κ3) is 4.40. The third-order valence-electron chi connectivity index (χ3n) is 6.37. The number of aromatic amines is 1. The Labute approximate surface area is 214 Å². The van der Waals surface area contributed by atoms with Crippen LogP contribution in [0.5, 0.6) is 5.88 Å². The molecule has 10 nitrogen and oxygen atoms in total. The molecule has 0 atom stereocenters. The van der Waals surface area contributed by atoms with Crippen molar-refractivity contribution < 1.29 is 17.9 Å². The lowest BCUT2D eigenvalue weighted by Crippen LogP contribution is -2.06. The second-order valence-corrected chi connectivity index (χ2v) is 9.05. The molecule has 0 spiro atoms. The number of anilines is 1. The van der Waals surface area contributed by atoms with E-state index in [1.165, 1.54) is 17.9 Å². The highest BCUT2D eigenvalue weighted by Crippen LogP contribution is 2.45. The molecule has 0 unspecified atom stereocenters. The molecule has 1 fully saturated rings. The van der Waals surface area contributed by atoms with Crippen LogP contribution in [0.15, 0.2) is 43.0 Å². The number of H-pyrrole nitrogens is 1. The van der Waals surface area contributed by atoms with Gasteiger partial charge in [-0.05, 0) is 18.4 Å².